The van der Waals surface area contributed by atoms with Gasteiger partial charge in [-0.05, 0) is 6.54 Å². The lowest BCUT2D eigenvalue weighted by Crippen LogP contribution is -2.27. The summed E-state index contributed by atoms with van der Waals surface area (Å²) in [7, 11) is 1.81. The number of amides is 1. The van der Waals surface area contributed by atoms with Crippen LogP contribution in [0.4, 0.5) is 5.82 Å². The molecule has 0 radical (unpaired) electrons. The number of nitrogens with zero attached hydrogens (tertiary/aromatic N) is 2. The quantitative estimate of drug-likeness (QED) is 0.687. The van der Waals surface area contributed by atoms with E-state index in [1.807, 2.05) is 6.92 Å². The largest absolute Gasteiger partial charge is 0.309 e. The highest BCUT2D eigenvalue weighted by Crippen LogP contribution is 1.99. The Bertz CT molecular complexity index is 281. The van der Waals surface area contributed by atoms with Gasteiger partial charge < -0.3 is 10.6 Å². The van der Waals surface area contributed by atoms with Crippen molar-refractivity contribution in [2.24, 2.45) is 7.05 Å². The molecule has 0 bridgehead atoms. The molecule has 5 heteroatoms. The van der Waals surface area contributed by atoms with E-state index in [1.165, 1.54) is 0 Å². The van der Waals surface area contributed by atoms with Crippen molar-refractivity contribution in [1.29, 1.82) is 0 Å². The fourth-order valence-electron chi connectivity index (χ4n) is 0.907. The van der Waals surface area contributed by atoms with Crippen molar-refractivity contribution in [3.63, 3.8) is 0 Å². The van der Waals surface area contributed by atoms with Crippen molar-refractivity contribution in [2.45, 2.75) is 6.92 Å². The Labute approximate surface area is 77.1 Å². The number of aryl methyl sites for hydroxylation is 1. The lowest BCUT2D eigenvalue weighted by Gasteiger charge is -2.01. The highest BCUT2D eigenvalue weighted by molar-refractivity contribution is 5.91. The molecule has 1 aromatic heterocycles. The molecule has 72 valence electrons. The maximum atomic E-state index is 11.2. The summed E-state index contributed by atoms with van der Waals surface area (Å²) in [5.74, 6) is 0.519. The summed E-state index contributed by atoms with van der Waals surface area (Å²) in [5, 5.41) is 9.61. The van der Waals surface area contributed by atoms with Crippen LogP contribution in [-0.4, -0.2) is 28.8 Å². The topological polar surface area (TPSA) is 59.0 Å². The van der Waals surface area contributed by atoms with Crippen molar-refractivity contribution in [3.8, 4) is 0 Å². The first-order valence-corrected chi connectivity index (χ1v) is 4.22. The van der Waals surface area contributed by atoms with Gasteiger partial charge in [0, 0.05) is 19.3 Å². The van der Waals surface area contributed by atoms with E-state index in [-0.39, 0.29) is 5.91 Å². The van der Waals surface area contributed by atoms with E-state index in [0.717, 1.165) is 6.54 Å². The van der Waals surface area contributed by atoms with Crippen molar-refractivity contribution >= 4 is 11.7 Å². The molecule has 0 fully saturated rings. The predicted octanol–water partition coefficient (Wildman–Crippen LogP) is -0.0319. The van der Waals surface area contributed by atoms with Gasteiger partial charge in [-0.15, -0.1) is 0 Å². The minimum atomic E-state index is -0.0689. The summed E-state index contributed by atoms with van der Waals surface area (Å²) in [6, 6.07) is 1.75. The smallest absolute Gasteiger partial charge is 0.239 e. The molecule has 0 saturated heterocycles. The van der Waals surface area contributed by atoms with Crippen LogP contribution in [0, 0.1) is 0 Å². The zero-order chi connectivity index (χ0) is 9.68. The number of carbonyl (C=O) groups is 1. The Balaban J connectivity index is 2.36. The van der Waals surface area contributed by atoms with Crippen LogP contribution in [0.3, 0.4) is 0 Å². The second-order valence-electron chi connectivity index (χ2n) is 2.70. The molecule has 1 amide bonds. The van der Waals surface area contributed by atoms with Gasteiger partial charge in [-0.3, -0.25) is 9.48 Å². The first-order valence-electron chi connectivity index (χ1n) is 4.22. The molecule has 0 aliphatic rings. The van der Waals surface area contributed by atoms with Crippen molar-refractivity contribution in [1.82, 2.24) is 15.1 Å². The van der Waals surface area contributed by atoms with Crippen molar-refractivity contribution < 1.29 is 4.79 Å². The third-order valence-corrected chi connectivity index (χ3v) is 1.52. The highest BCUT2D eigenvalue weighted by atomic mass is 16.2. The Morgan fingerprint density at radius 2 is 2.46 bits per heavy atom. The summed E-state index contributed by atoms with van der Waals surface area (Å²) in [5.41, 5.74) is 0. The fraction of sp³-hybridized carbons (Fsp3) is 0.500. The van der Waals surface area contributed by atoms with Crippen LogP contribution >= 0.6 is 0 Å². The first-order chi connectivity index (χ1) is 6.22. The molecule has 0 aliphatic heterocycles. The van der Waals surface area contributed by atoms with Gasteiger partial charge in [0.2, 0.25) is 5.91 Å². The van der Waals surface area contributed by atoms with Crippen molar-refractivity contribution in [3.05, 3.63) is 12.3 Å². The SMILES string of the molecule is CCNCC(=O)Nc1ccn(C)n1. The maximum Gasteiger partial charge on any atom is 0.239 e. The van der Waals surface area contributed by atoms with Gasteiger partial charge in [-0.25, -0.2) is 0 Å². The Morgan fingerprint density at radius 3 is 3.00 bits per heavy atom. The molecule has 13 heavy (non-hydrogen) atoms. The minimum Gasteiger partial charge on any atom is -0.309 e. The van der Waals surface area contributed by atoms with Gasteiger partial charge >= 0.3 is 0 Å². The number of hydrogen-bond donors (Lipinski definition) is 2. The average Bonchev–Trinajstić information content (AvgIpc) is 2.48. The Hall–Kier alpha value is -1.36. The van der Waals surface area contributed by atoms with Gasteiger partial charge in [0.1, 0.15) is 0 Å². The summed E-state index contributed by atoms with van der Waals surface area (Å²) < 4.78 is 1.64. The fourth-order valence-corrected chi connectivity index (χ4v) is 0.907. The van der Waals surface area contributed by atoms with E-state index in [1.54, 1.807) is 24.0 Å². The lowest BCUT2D eigenvalue weighted by molar-refractivity contribution is -0.115. The number of carbonyl (C=O) groups excluding carboxylic acids is 1. The minimum absolute atomic E-state index is 0.0689. The third-order valence-electron chi connectivity index (χ3n) is 1.52. The van der Waals surface area contributed by atoms with E-state index in [9.17, 15) is 4.79 Å². The molecule has 0 aromatic carbocycles. The molecule has 2 N–H and O–H groups in total. The van der Waals surface area contributed by atoms with E-state index >= 15 is 0 Å². The normalized spacial score (nSPS) is 10.0. The molecule has 1 heterocycles. The second kappa shape index (κ2) is 4.61. The monoisotopic (exact) mass is 182 g/mol. The number of rotatable bonds is 4. The third kappa shape index (κ3) is 3.25. The van der Waals surface area contributed by atoms with Gasteiger partial charge in [-0.2, -0.15) is 5.10 Å². The standard InChI is InChI=1S/C8H14N4O/c1-3-9-6-8(13)10-7-4-5-12(2)11-7/h4-5,9H,3,6H2,1-2H3,(H,10,11,13). The molecule has 0 unspecified atom stereocenters. The zero-order valence-electron chi connectivity index (χ0n) is 7.87. The van der Waals surface area contributed by atoms with Gasteiger partial charge in [-0.1, -0.05) is 6.92 Å². The summed E-state index contributed by atoms with van der Waals surface area (Å²) in [6.45, 7) is 3.07. The number of nitrogens with one attached hydrogen (secondary N) is 2. The number of likely N-dealkylation sites (N-methyl/N-ethyl adjacent to an activating group) is 1. The molecule has 0 saturated carbocycles. The van der Waals surface area contributed by atoms with E-state index in [2.05, 4.69) is 15.7 Å². The summed E-state index contributed by atoms with van der Waals surface area (Å²) >= 11 is 0. The maximum absolute atomic E-state index is 11.2. The van der Waals surface area contributed by atoms with Crippen LogP contribution in [0.25, 0.3) is 0 Å². The van der Waals surface area contributed by atoms with Crippen LogP contribution in [-0.2, 0) is 11.8 Å². The molecular weight excluding hydrogens is 168 g/mol. The molecule has 0 aliphatic carbocycles. The Kier molecular flexibility index (Phi) is 3.45. The summed E-state index contributed by atoms with van der Waals surface area (Å²) in [4.78, 5) is 11.2. The zero-order valence-corrected chi connectivity index (χ0v) is 7.87. The predicted molar refractivity (Wildman–Crippen MR) is 50.4 cm³/mol. The summed E-state index contributed by atoms with van der Waals surface area (Å²) in [6.07, 6.45) is 1.78. The second-order valence-corrected chi connectivity index (χ2v) is 2.70. The van der Waals surface area contributed by atoms with Crippen LogP contribution in [0.1, 0.15) is 6.92 Å². The van der Waals surface area contributed by atoms with Crippen molar-refractivity contribution in [2.75, 3.05) is 18.4 Å². The highest BCUT2D eigenvalue weighted by Gasteiger charge is 2.02. The van der Waals surface area contributed by atoms with Gasteiger partial charge in [0.05, 0.1) is 6.54 Å². The first kappa shape index (κ1) is 9.73. The van der Waals surface area contributed by atoms with Crippen LogP contribution in [0.5, 0.6) is 0 Å². The van der Waals surface area contributed by atoms with Crippen LogP contribution < -0.4 is 10.6 Å². The van der Waals surface area contributed by atoms with Gasteiger partial charge in [0.25, 0.3) is 0 Å². The molecule has 0 atom stereocenters. The molecule has 5 nitrogen and oxygen atoms in total. The van der Waals surface area contributed by atoms with Gasteiger partial charge in [0.15, 0.2) is 5.82 Å². The lowest BCUT2D eigenvalue weighted by atomic mass is 10.5. The van der Waals surface area contributed by atoms with E-state index in [0.29, 0.717) is 12.4 Å². The number of hydrogen-bond acceptors (Lipinski definition) is 3. The molecule has 0 spiro atoms. The number of anilines is 1. The van der Waals surface area contributed by atoms with Crippen LogP contribution in [0.15, 0.2) is 12.3 Å². The Morgan fingerprint density at radius 1 is 1.69 bits per heavy atom. The molecule has 1 rings (SSSR count). The van der Waals surface area contributed by atoms with E-state index < -0.39 is 0 Å². The van der Waals surface area contributed by atoms with Crippen LogP contribution in [0.2, 0.25) is 0 Å². The number of aromatic nitrogens is 2. The van der Waals surface area contributed by atoms with E-state index in [4.69, 9.17) is 0 Å². The average molecular weight is 182 g/mol. The molecular formula is C8H14N4O. The molecule has 1 aromatic rings.